The molecular formula is C15H17FN4O3. The predicted octanol–water partition coefficient (Wildman–Crippen LogP) is 0.655. The molecule has 1 aromatic rings. The van der Waals surface area contributed by atoms with E-state index in [-0.39, 0.29) is 31.2 Å². The molecule has 3 amide bonds. The molecule has 7 nitrogen and oxygen atoms in total. The lowest BCUT2D eigenvalue weighted by Crippen LogP contribution is -2.39. The van der Waals surface area contributed by atoms with Crippen molar-refractivity contribution in [1.82, 2.24) is 15.1 Å². The van der Waals surface area contributed by atoms with Gasteiger partial charge >= 0.3 is 6.03 Å². The van der Waals surface area contributed by atoms with Gasteiger partial charge in [0.05, 0.1) is 24.9 Å². The molecule has 1 aliphatic rings. The number of rotatable bonds is 5. The molecule has 8 heteroatoms. The van der Waals surface area contributed by atoms with Gasteiger partial charge in [0.2, 0.25) is 5.91 Å². The number of carbonyl (C=O) groups excluding carboxylic acids is 2. The lowest BCUT2D eigenvalue weighted by atomic mass is 10.1. The Bertz CT molecular complexity index is 644. The first-order chi connectivity index (χ1) is 11.0. The van der Waals surface area contributed by atoms with Crippen LogP contribution < -0.4 is 5.32 Å². The van der Waals surface area contributed by atoms with Gasteiger partial charge in [-0.25, -0.2) is 9.18 Å². The van der Waals surface area contributed by atoms with E-state index >= 15 is 0 Å². The zero-order chi connectivity index (χ0) is 16.8. The fourth-order valence-electron chi connectivity index (χ4n) is 2.19. The van der Waals surface area contributed by atoms with Crippen molar-refractivity contribution in [2.24, 2.45) is 0 Å². The monoisotopic (exact) mass is 320 g/mol. The third-order valence-corrected chi connectivity index (χ3v) is 3.48. The van der Waals surface area contributed by atoms with Crippen molar-refractivity contribution in [2.45, 2.75) is 6.54 Å². The molecule has 1 fully saturated rings. The molecule has 1 saturated heterocycles. The maximum atomic E-state index is 13.6. The molecule has 122 valence electrons. The summed E-state index contributed by atoms with van der Waals surface area (Å²) in [6.07, 6.45) is 0. The molecule has 23 heavy (non-hydrogen) atoms. The molecular weight excluding hydrogens is 303 g/mol. The summed E-state index contributed by atoms with van der Waals surface area (Å²) in [5.41, 5.74) is 0.539. The summed E-state index contributed by atoms with van der Waals surface area (Å²) in [6, 6.07) is 5.40. The smallest absolute Gasteiger partial charge is 0.319 e. The first kappa shape index (κ1) is 16.7. The van der Waals surface area contributed by atoms with Gasteiger partial charge in [-0.2, -0.15) is 5.26 Å². The maximum Gasteiger partial charge on any atom is 0.319 e. The first-order valence-corrected chi connectivity index (χ1v) is 7.03. The second-order valence-electron chi connectivity index (χ2n) is 5.07. The Hall–Kier alpha value is -2.66. The number of amides is 3. The third kappa shape index (κ3) is 4.17. The molecule has 0 radical (unpaired) electrons. The minimum atomic E-state index is -0.497. The number of hydrogen-bond acceptors (Lipinski definition) is 4. The number of nitrogens with zero attached hydrogens (tertiary/aromatic N) is 3. The molecule has 1 aromatic carbocycles. The Labute approximate surface area is 133 Å². The molecule has 1 heterocycles. The molecule has 2 rings (SSSR count). The highest BCUT2D eigenvalue weighted by molar-refractivity contribution is 5.87. The van der Waals surface area contributed by atoms with E-state index in [1.54, 1.807) is 0 Å². The normalized spacial score (nSPS) is 14.0. The molecule has 0 bridgehead atoms. The fourth-order valence-corrected chi connectivity index (χ4v) is 2.19. The number of benzene rings is 1. The van der Waals surface area contributed by atoms with Crippen LogP contribution in [0.25, 0.3) is 0 Å². The van der Waals surface area contributed by atoms with E-state index in [9.17, 15) is 14.0 Å². The summed E-state index contributed by atoms with van der Waals surface area (Å²) in [5, 5.41) is 11.4. The van der Waals surface area contributed by atoms with Crippen molar-refractivity contribution in [3.63, 3.8) is 0 Å². The van der Waals surface area contributed by atoms with E-state index in [2.05, 4.69) is 5.32 Å². The lowest BCUT2D eigenvalue weighted by Gasteiger charge is -2.18. The van der Waals surface area contributed by atoms with Crippen LogP contribution in [0.15, 0.2) is 18.2 Å². The zero-order valence-electron chi connectivity index (χ0n) is 12.7. The van der Waals surface area contributed by atoms with Gasteiger partial charge in [0.1, 0.15) is 12.4 Å². The van der Waals surface area contributed by atoms with Crippen LogP contribution in [0.3, 0.4) is 0 Å². The summed E-state index contributed by atoms with van der Waals surface area (Å²) in [5.74, 6) is -0.654. The molecule has 0 saturated carbocycles. The molecule has 0 aromatic heterocycles. The third-order valence-electron chi connectivity index (χ3n) is 3.48. The molecule has 0 unspecified atom stereocenters. The van der Waals surface area contributed by atoms with Crippen LogP contribution in [0.4, 0.5) is 9.18 Å². The zero-order valence-corrected chi connectivity index (χ0v) is 12.7. The Morgan fingerprint density at radius 2 is 2.30 bits per heavy atom. The van der Waals surface area contributed by atoms with Crippen LogP contribution in [0.1, 0.15) is 11.1 Å². The molecule has 0 spiro atoms. The van der Waals surface area contributed by atoms with Crippen molar-refractivity contribution in [2.75, 3.05) is 33.5 Å². The van der Waals surface area contributed by atoms with E-state index in [4.69, 9.17) is 10.00 Å². The number of nitriles is 1. The van der Waals surface area contributed by atoms with Crippen molar-refractivity contribution in [1.29, 1.82) is 5.26 Å². The number of methoxy groups -OCH3 is 1. The van der Waals surface area contributed by atoms with Gasteiger partial charge in [0.25, 0.3) is 0 Å². The fraction of sp³-hybridized carbons (Fsp3) is 0.400. The van der Waals surface area contributed by atoms with E-state index < -0.39 is 11.8 Å². The van der Waals surface area contributed by atoms with Gasteiger partial charge in [-0.05, 0) is 18.2 Å². The minimum Gasteiger partial charge on any atom is -0.383 e. The van der Waals surface area contributed by atoms with Crippen molar-refractivity contribution < 1.29 is 18.7 Å². The number of hydrogen-bond donors (Lipinski definition) is 1. The van der Waals surface area contributed by atoms with E-state index in [0.29, 0.717) is 18.7 Å². The first-order valence-electron chi connectivity index (χ1n) is 7.03. The Balaban J connectivity index is 1.91. The summed E-state index contributed by atoms with van der Waals surface area (Å²) in [7, 11) is 1.54. The number of urea groups is 1. The summed E-state index contributed by atoms with van der Waals surface area (Å²) < 4.78 is 18.6. The van der Waals surface area contributed by atoms with Crippen LogP contribution in [-0.2, 0) is 16.1 Å². The Morgan fingerprint density at radius 1 is 1.52 bits per heavy atom. The average Bonchev–Trinajstić information content (AvgIpc) is 2.93. The van der Waals surface area contributed by atoms with Crippen LogP contribution in [-0.4, -0.2) is 55.2 Å². The van der Waals surface area contributed by atoms with Crippen molar-refractivity contribution >= 4 is 11.9 Å². The highest BCUT2D eigenvalue weighted by atomic mass is 19.1. The number of carbonyl (C=O) groups is 2. The summed E-state index contributed by atoms with van der Waals surface area (Å²) in [6.45, 7) is 0.916. The Morgan fingerprint density at radius 3 is 3.00 bits per heavy atom. The van der Waals surface area contributed by atoms with Crippen LogP contribution in [0, 0.1) is 17.1 Å². The number of nitrogens with one attached hydrogen (secondary N) is 1. The largest absolute Gasteiger partial charge is 0.383 e. The maximum absolute atomic E-state index is 13.6. The molecule has 0 atom stereocenters. The summed E-state index contributed by atoms with van der Waals surface area (Å²) in [4.78, 5) is 26.7. The van der Waals surface area contributed by atoms with Crippen LogP contribution in [0.5, 0.6) is 0 Å². The lowest BCUT2D eigenvalue weighted by molar-refractivity contribution is -0.127. The average molecular weight is 320 g/mol. The van der Waals surface area contributed by atoms with Gasteiger partial charge in [-0.1, -0.05) is 0 Å². The molecule has 1 N–H and O–H groups in total. The van der Waals surface area contributed by atoms with Crippen LogP contribution in [0.2, 0.25) is 0 Å². The highest BCUT2D eigenvalue weighted by Crippen LogP contribution is 2.11. The standard InChI is InChI=1S/C15H17FN4O3/c1-23-5-4-19-10-20(9-14(19)21)15(22)18-8-12-6-11(7-17)2-3-13(12)16/h2-3,6H,4-5,8-10H2,1H3,(H,18,22). The number of ether oxygens (including phenoxy) is 1. The van der Waals surface area contributed by atoms with E-state index in [1.807, 2.05) is 6.07 Å². The van der Waals surface area contributed by atoms with Crippen molar-refractivity contribution in [3.05, 3.63) is 35.1 Å². The number of halogens is 1. The molecule has 1 aliphatic heterocycles. The minimum absolute atomic E-state index is 0.0176. The van der Waals surface area contributed by atoms with Gasteiger partial charge in [-0.3, -0.25) is 9.69 Å². The van der Waals surface area contributed by atoms with E-state index in [1.165, 1.54) is 35.1 Å². The van der Waals surface area contributed by atoms with Gasteiger partial charge < -0.3 is 15.0 Å². The highest BCUT2D eigenvalue weighted by Gasteiger charge is 2.30. The van der Waals surface area contributed by atoms with E-state index in [0.717, 1.165) is 0 Å². The SMILES string of the molecule is COCCN1CN(C(=O)NCc2cc(C#N)ccc2F)CC1=O. The van der Waals surface area contributed by atoms with Crippen molar-refractivity contribution in [3.8, 4) is 6.07 Å². The topological polar surface area (TPSA) is 85.7 Å². The Kier molecular flexibility index (Phi) is 5.49. The molecule has 0 aliphatic carbocycles. The quantitative estimate of drug-likeness (QED) is 0.863. The predicted molar refractivity (Wildman–Crippen MR) is 78.5 cm³/mol. The second-order valence-corrected chi connectivity index (χ2v) is 5.07. The van der Waals surface area contributed by atoms with Gasteiger partial charge in [0.15, 0.2) is 0 Å². The summed E-state index contributed by atoms with van der Waals surface area (Å²) >= 11 is 0. The van der Waals surface area contributed by atoms with Crippen LogP contribution >= 0.6 is 0 Å². The second kappa shape index (κ2) is 7.56. The van der Waals surface area contributed by atoms with Gasteiger partial charge in [0, 0.05) is 25.8 Å². The van der Waals surface area contributed by atoms with Gasteiger partial charge in [-0.15, -0.1) is 0 Å².